The molecule has 2 aromatic carbocycles. The first-order valence-electron chi connectivity index (χ1n) is 9.38. The van der Waals surface area contributed by atoms with Gasteiger partial charge in [-0.3, -0.25) is 4.79 Å². The Bertz CT molecular complexity index is 779. The van der Waals surface area contributed by atoms with Crippen LogP contribution in [-0.2, 0) is 11.4 Å². The summed E-state index contributed by atoms with van der Waals surface area (Å²) in [5.41, 5.74) is 3.86. The van der Waals surface area contributed by atoms with Crippen LogP contribution in [0.5, 0.6) is 11.5 Å². The Morgan fingerprint density at radius 2 is 1.74 bits per heavy atom. The van der Waals surface area contributed by atoms with Crippen molar-refractivity contribution in [2.75, 3.05) is 0 Å². The van der Waals surface area contributed by atoms with E-state index in [1.54, 1.807) is 0 Å². The van der Waals surface area contributed by atoms with E-state index in [0.717, 1.165) is 33.8 Å². The Balaban J connectivity index is 2.12. The van der Waals surface area contributed by atoms with Crippen LogP contribution in [0.15, 0.2) is 36.4 Å². The minimum atomic E-state index is -0.770. The first-order chi connectivity index (χ1) is 12.7. The van der Waals surface area contributed by atoms with Gasteiger partial charge in [0.15, 0.2) is 0 Å². The lowest BCUT2D eigenvalue weighted by Crippen LogP contribution is -2.28. The van der Waals surface area contributed by atoms with Gasteiger partial charge in [0.25, 0.3) is 0 Å². The highest BCUT2D eigenvalue weighted by atomic mass is 16.5. The van der Waals surface area contributed by atoms with Crippen LogP contribution in [0.3, 0.4) is 0 Å². The van der Waals surface area contributed by atoms with Gasteiger partial charge in [0, 0.05) is 6.42 Å². The number of benzene rings is 2. The highest BCUT2D eigenvalue weighted by Crippen LogP contribution is 2.36. The Kier molecular flexibility index (Phi) is 6.89. The molecule has 0 amide bonds. The van der Waals surface area contributed by atoms with Crippen molar-refractivity contribution in [1.29, 1.82) is 0 Å². The zero-order valence-electron chi connectivity index (χ0n) is 17.0. The SMILES string of the molecule is Cc1cc(OC(C)(C)CCCC(=O)O)c(C)c(C)c1OCc1ccccc1. The molecule has 0 bridgehead atoms. The smallest absolute Gasteiger partial charge is 0.303 e. The van der Waals surface area contributed by atoms with Gasteiger partial charge in [-0.2, -0.15) is 0 Å². The van der Waals surface area contributed by atoms with Gasteiger partial charge < -0.3 is 14.6 Å². The minimum Gasteiger partial charge on any atom is -0.488 e. The van der Waals surface area contributed by atoms with Gasteiger partial charge in [0.2, 0.25) is 0 Å². The topological polar surface area (TPSA) is 55.8 Å². The molecule has 4 heteroatoms. The minimum absolute atomic E-state index is 0.163. The molecule has 27 heavy (non-hydrogen) atoms. The van der Waals surface area contributed by atoms with Gasteiger partial charge in [-0.15, -0.1) is 0 Å². The number of carbonyl (C=O) groups is 1. The molecule has 0 spiro atoms. The van der Waals surface area contributed by atoms with Gasteiger partial charge in [-0.25, -0.2) is 0 Å². The van der Waals surface area contributed by atoms with Crippen LogP contribution in [0.4, 0.5) is 0 Å². The third-order valence-electron chi connectivity index (χ3n) is 4.76. The standard InChI is InChI=1S/C23H30O4/c1-16-14-20(27-23(4,5)13-9-12-21(24)25)17(2)18(3)22(16)26-15-19-10-7-6-8-11-19/h6-8,10-11,14H,9,12-13,15H2,1-5H3,(H,24,25). The van der Waals surface area contributed by atoms with Crippen LogP contribution in [0.1, 0.15) is 55.4 Å². The third kappa shape index (κ3) is 6.02. The summed E-state index contributed by atoms with van der Waals surface area (Å²) < 4.78 is 12.3. The molecule has 0 atom stereocenters. The second kappa shape index (κ2) is 8.94. The molecular weight excluding hydrogens is 340 g/mol. The molecule has 0 fully saturated rings. The number of aryl methyl sites for hydroxylation is 1. The normalized spacial score (nSPS) is 11.3. The van der Waals surface area contributed by atoms with E-state index in [1.165, 1.54) is 0 Å². The van der Waals surface area contributed by atoms with E-state index in [1.807, 2.05) is 58.9 Å². The summed E-state index contributed by atoms with van der Waals surface area (Å²) in [5, 5.41) is 8.83. The Labute approximate surface area is 162 Å². The predicted octanol–water partition coefficient (Wildman–Crippen LogP) is 5.60. The molecule has 2 rings (SSSR count). The lowest BCUT2D eigenvalue weighted by Gasteiger charge is -2.28. The molecule has 0 aromatic heterocycles. The predicted molar refractivity (Wildman–Crippen MR) is 108 cm³/mol. The molecule has 0 aliphatic heterocycles. The van der Waals surface area contributed by atoms with Gasteiger partial charge >= 0.3 is 5.97 Å². The lowest BCUT2D eigenvalue weighted by molar-refractivity contribution is -0.137. The van der Waals surface area contributed by atoms with Crippen molar-refractivity contribution >= 4 is 5.97 Å². The van der Waals surface area contributed by atoms with Gasteiger partial charge in [0.1, 0.15) is 23.7 Å². The first kappa shape index (κ1) is 20.8. The quantitative estimate of drug-likeness (QED) is 0.624. The number of hydrogen-bond donors (Lipinski definition) is 1. The van der Waals surface area contributed by atoms with Crippen molar-refractivity contribution in [2.45, 2.75) is 66.1 Å². The second-order valence-electron chi connectivity index (χ2n) is 7.65. The van der Waals surface area contributed by atoms with E-state index in [0.29, 0.717) is 19.4 Å². The fourth-order valence-electron chi connectivity index (χ4n) is 3.09. The lowest BCUT2D eigenvalue weighted by atomic mass is 9.99. The van der Waals surface area contributed by atoms with Crippen LogP contribution >= 0.6 is 0 Å². The molecule has 146 valence electrons. The third-order valence-corrected chi connectivity index (χ3v) is 4.76. The molecule has 0 unspecified atom stereocenters. The summed E-state index contributed by atoms with van der Waals surface area (Å²) in [4.78, 5) is 10.7. The zero-order valence-corrected chi connectivity index (χ0v) is 17.0. The molecule has 0 aliphatic carbocycles. The summed E-state index contributed by atoms with van der Waals surface area (Å²) in [7, 11) is 0. The van der Waals surface area contributed by atoms with Gasteiger partial charge in [-0.05, 0) is 75.8 Å². The Hall–Kier alpha value is -2.49. The number of rotatable bonds is 9. The Morgan fingerprint density at radius 1 is 1.07 bits per heavy atom. The summed E-state index contributed by atoms with van der Waals surface area (Å²) in [6, 6.07) is 12.1. The fraction of sp³-hybridized carbons (Fsp3) is 0.435. The van der Waals surface area contributed by atoms with Crippen molar-refractivity contribution in [3.63, 3.8) is 0 Å². The van der Waals surface area contributed by atoms with E-state index in [9.17, 15) is 4.79 Å². The van der Waals surface area contributed by atoms with Crippen LogP contribution in [0.25, 0.3) is 0 Å². The van der Waals surface area contributed by atoms with Crippen molar-refractivity contribution in [2.24, 2.45) is 0 Å². The molecule has 0 aliphatic rings. The van der Waals surface area contributed by atoms with Gasteiger partial charge in [-0.1, -0.05) is 30.3 Å². The van der Waals surface area contributed by atoms with Gasteiger partial charge in [0.05, 0.1) is 0 Å². The first-order valence-corrected chi connectivity index (χ1v) is 9.38. The van der Waals surface area contributed by atoms with Crippen LogP contribution < -0.4 is 9.47 Å². The monoisotopic (exact) mass is 370 g/mol. The summed E-state index contributed by atoms with van der Waals surface area (Å²) in [6.45, 7) is 10.6. The largest absolute Gasteiger partial charge is 0.488 e. The van der Waals surface area contributed by atoms with Crippen molar-refractivity contribution in [1.82, 2.24) is 0 Å². The zero-order chi connectivity index (χ0) is 20.0. The number of hydrogen-bond acceptors (Lipinski definition) is 3. The number of carboxylic acids is 1. The average Bonchev–Trinajstić information content (AvgIpc) is 2.59. The molecule has 0 heterocycles. The van der Waals surface area contributed by atoms with E-state index >= 15 is 0 Å². The van der Waals surface area contributed by atoms with Crippen molar-refractivity contribution in [3.05, 3.63) is 58.7 Å². The maximum absolute atomic E-state index is 10.7. The molecule has 2 aromatic rings. The van der Waals surface area contributed by atoms with Crippen LogP contribution in [0.2, 0.25) is 0 Å². The number of carboxylic acid groups (broad SMARTS) is 1. The summed E-state index contributed by atoms with van der Waals surface area (Å²) in [5.74, 6) is 0.957. The highest BCUT2D eigenvalue weighted by Gasteiger charge is 2.22. The van der Waals surface area contributed by atoms with Crippen molar-refractivity contribution in [3.8, 4) is 11.5 Å². The van der Waals surface area contributed by atoms with Crippen LogP contribution in [0, 0.1) is 20.8 Å². The maximum atomic E-state index is 10.7. The number of ether oxygens (including phenoxy) is 2. The van der Waals surface area contributed by atoms with E-state index < -0.39 is 11.6 Å². The van der Waals surface area contributed by atoms with Crippen LogP contribution in [-0.4, -0.2) is 16.7 Å². The molecule has 0 saturated carbocycles. The molecule has 1 N–H and O–H groups in total. The highest BCUT2D eigenvalue weighted by molar-refractivity contribution is 5.66. The molecule has 0 radical (unpaired) electrons. The van der Waals surface area contributed by atoms with E-state index in [2.05, 4.69) is 12.1 Å². The van der Waals surface area contributed by atoms with E-state index in [4.69, 9.17) is 14.6 Å². The summed E-state index contributed by atoms with van der Waals surface area (Å²) in [6.07, 6.45) is 1.44. The van der Waals surface area contributed by atoms with Crippen molar-refractivity contribution < 1.29 is 19.4 Å². The average molecular weight is 370 g/mol. The molecule has 0 saturated heterocycles. The Morgan fingerprint density at radius 3 is 2.37 bits per heavy atom. The van der Waals surface area contributed by atoms with E-state index in [-0.39, 0.29) is 6.42 Å². The summed E-state index contributed by atoms with van der Waals surface area (Å²) >= 11 is 0. The molecule has 4 nitrogen and oxygen atoms in total. The maximum Gasteiger partial charge on any atom is 0.303 e. The molecular formula is C23H30O4. The number of aliphatic carboxylic acids is 1. The fourth-order valence-corrected chi connectivity index (χ4v) is 3.09. The second-order valence-corrected chi connectivity index (χ2v) is 7.65.